The lowest BCUT2D eigenvalue weighted by atomic mass is 10.1. The molecule has 0 fully saturated rings. The Hall–Kier alpha value is -4.26. The molecule has 0 aliphatic heterocycles. The van der Waals surface area contributed by atoms with E-state index in [1.165, 1.54) is 19.3 Å². The highest BCUT2D eigenvalue weighted by molar-refractivity contribution is 6.35. The van der Waals surface area contributed by atoms with Gasteiger partial charge in [0, 0.05) is 21.7 Å². The molecule has 0 atom stereocenters. The number of ether oxygens (including phenoxy) is 2. The average Bonchev–Trinajstić information content (AvgIpc) is 2.83. The van der Waals surface area contributed by atoms with Gasteiger partial charge >= 0.3 is 0 Å². The molecule has 0 unspecified atom stereocenters. The van der Waals surface area contributed by atoms with Crippen LogP contribution in [0, 0.1) is 21.4 Å². The number of nitro benzene ring substituents is 1. The Balaban J connectivity index is 1.81. The van der Waals surface area contributed by atoms with Crippen LogP contribution in [0.1, 0.15) is 11.1 Å². The maximum atomic E-state index is 12.6. The molecule has 0 heterocycles. The Morgan fingerprint density at radius 3 is 2.57 bits per heavy atom. The van der Waals surface area contributed by atoms with Crippen LogP contribution in [0.5, 0.6) is 17.2 Å². The van der Waals surface area contributed by atoms with Gasteiger partial charge < -0.3 is 19.9 Å². The van der Waals surface area contributed by atoms with E-state index in [1.54, 1.807) is 42.5 Å². The van der Waals surface area contributed by atoms with Crippen LogP contribution in [0.15, 0.2) is 60.2 Å². The molecular weight excluding hydrogens is 497 g/mol. The predicted molar refractivity (Wildman–Crippen MR) is 131 cm³/mol. The first kappa shape index (κ1) is 25.4. The van der Waals surface area contributed by atoms with Crippen LogP contribution in [0.25, 0.3) is 6.08 Å². The van der Waals surface area contributed by atoms with E-state index in [9.17, 15) is 25.3 Å². The summed E-state index contributed by atoms with van der Waals surface area (Å²) in [5, 5.41) is 33.5. The minimum absolute atomic E-state index is 0.0830. The minimum atomic E-state index is -0.817. The van der Waals surface area contributed by atoms with Gasteiger partial charge in [0.2, 0.25) is 0 Å². The van der Waals surface area contributed by atoms with Gasteiger partial charge in [0.25, 0.3) is 11.6 Å². The predicted octanol–water partition coefficient (Wildman–Crippen LogP) is 5.74. The highest BCUT2D eigenvalue weighted by Crippen LogP contribution is 2.32. The summed E-state index contributed by atoms with van der Waals surface area (Å²) >= 11 is 12.1. The lowest BCUT2D eigenvalue weighted by Gasteiger charge is -2.13. The summed E-state index contributed by atoms with van der Waals surface area (Å²) < 4.78 is 11.2. The van der Waals surface area contributed by atoms with Crippen molar-refractivity contribution in [2.45, 2.75) is 6.61 Å². The number of carbonyl (C=O) groups is 1. The molecule has 3 aromatic carbocycles. The van der Waals surface area contributed by atoms with E-state index < -0.39 is 16.6 Å². The molecule has 178 valence electrons. The quantitative estimate of drug-likeness (QED) is 0.129. The Labute approximate surface area is 209 Å². The molecule has 0 radical (unpaired) electrons. The number of anilines is 1. The summed E-state index contributed by atoms with van der Waals surface area (Å²) in [6.45, 7) is 0.116. The monoisotopic (exact) mass is 513 g/mol. The van der Waals surface area contributed by atoms with Gasteiger partial charge in [-0.1, -0.05) is 35.3 Å². The second-order valence-electron chi connectivity index (χ2n) is 7.02. The third-order valence-corrected chi connectivity index (χ3v) is 5.29. The number of carbonyl (C=O) groups excluding carboxylic acids is 1. The van der Waals surface area contributed by atoms with Gasteiger partial charge in [0.1, 0.15) is 24.0 Å². The zero-order valence-electron chi connectivity index (χ0n) is 18.1. The normalized spacial score (nSPS) is 10.9. The van der Waals surface area contributed by atoms with Crippen molar-refractivity contribution in [3.8, 4) is 23.3 Å². The number of nitriles is 1. The molecule has 3 aromatic rings. The van der Waals surface area contributed by atoms with E-state index in [2.05, 4.69) is 5.32 Å². The maximum absolute atomic E-state index is 12.6. The fraction of sp³-hybridized carbons (Fsp3) is 0.0833. The topological polar surface area (TPSA) is 135 Å². The first-order valence-electron chi connectivity index (χ1n) is 9.87. The van der Waals surface area contributed by atoms with Crippen LogP contribution < -0.4 is 14.8 Å². The van der Waals surface area contributed by atoms with Crippen molar-refractivity contribution >= 4 is 46.6 Å². The Morgan fingerprint density at radius 1 is 1.17 bits per heavy atom. The van der Waals surface area contributed by atoms with Gasteiger partial charge in [0.15, 0.2) is 11.5 Å². The van der Waals surface area contributed by atoms with E-state index in [4.69, 9.17) is 32.7 Å². The van der Waals surface area contributed by atoms with E-state index in [0.29, 0.717) is 32.7 Å². The van der Waals surface area contributed by atoms with Gasteiger partial charge in [-0.3, -0.25) is 14.9 Å². The van der Waals surface area contributed by atoms with Crippen LogP contribution in [-0.2, 0) is 11.4 Å². The fourth-order valence-corrected chi connectivity index (χ4v) is 3.40. The molecule has 0 aliphatic carbocycles. The zero-order chi connectivity index (χ0) is 25.5. The van der Waals surface area contributed by atoms with Crippen LogP contribution in [0.4, 0.5) is 11.4 Å². The number of amides is 1. The summed E-state index contributed by atoms with van der Waals surface area (Å²) in [5.41, 5.74) is 0.448. The molecule has 0 spiro atoms. The first-order chi connectivity index (χ1) is 16.7. The summed E-state index contributed by atoms with van der Waals surface area (Å²) in [6.07, 6.45) is 1.32. The van der Waals surface area contributed by atoms with E-state index >= 15 is 0 Å². The Bertz CT molecular complexity index is 1370. The average molecular weight is 514 g/mol. The van der Waals surface area contributed by atoms with Gasteiger partial charge in [-0.15, -0.1) is 0 Å². The van der Waals surface area contributed by atoms with E-state index in [-0.39, 0.29) is 23.6 Å². The molecule has 3 rings (SSSR count). The number of halogens is 2. The number of non-ortho nitro benzene ring substituents is 1. The Morgan fingerprint density at radius 2 is 1.94 bits per heavy atom. The molecule has 9 nitrogen and oxygen atoms in total. The third kappa shape index (κ3) is 6.41. The Kier molecular flexibility index (Phi) is 8.15. The molecule has 0 bridgehead atoms. The van der Waals surface area contributed by atoms with Gasteiger partial charge in [-0.25, -0.2) is 0 Å². The standard InChI is InChI=1S/C24H17Cl2N3O6/c1-34-22-7-2-14(9-23(22)35-13-15-3-4-17(25)10-19(15)26)8-16(12-27)24(31)28-20-6-5-18(29(32)33)11-21(20)30/h2-11,30H,13H2,1H3,(H,28,31). The third-order valence-electron chi connectivity index (χ3n) is 4.70. The number of nitro groups is 1. The summed E-state index contributed by atoms with van der Waals surface area (Å²) in [6, 6.07) is 14.8. The van der Waals surface area contributed by atoms with Crippen LogP contribution >= 0.6 is 23.2 Å². The maximum Gasteiger partial charge on any atom is 0.273 e. The van der Waals surface area contributed by atoms with Crippen LogP contribution in [0.2, 0.25) is 10.0 Å². The number of nitrogens with one attached hydrogen (secondary N) is 1. The van der Waals surface area contributed by atoms with Gasteiger partial charge in [-0.2, -0.15) is 5.26 Å². The van der Waals surface area contributed by atoms with Crippen molar-refractivity contribution in [3.63, 3.8) is 0 Å². The van der Waals surface area contributed by atoms with Crippen molar-refractivity contribution in [3.05, 3.63) is 91.5 Å². The van der Waals surface area contributed by atoms with Crippen molar-refractivity contribution in [2.75, 3.05) is 12.4 Å². The van der Waals surface area contributed by atoms with Crippen LogP contribution in [0.3, 0.4) is 0 Å². The molecule has 0 saturated heterocycles. The second kappa shape index (κ2) is 11.2. The lowest BCUT2D eigenvalue weighted by molar-refractivity contribution is -0.384. The first-order valence-corrected chi connectivity index (χ1v) is 10.6. The van der Waals surface area contributed by atoms with E-state index in [1.807, 2.05) is 0 Å². The molecule has 35 heavy (non-hydrogen) atoms. The van der Waals surface area contributed by atoms with Gasteiger partial charge in [0.05, 0.1) is 23.8 Å². The summed E-state index contributed by atoms with van der Waals surface area (Å²) in [7, 11) is 1.47. The smallest absolute Gasteiger partial charge is 0.273 e. The van der Waals surface area contributed by atoms with Gasteiger partial charge in [-0.05, 0) is 42.0 Å². The highest BCUT2D eigenvalue weighted by atomic mass is 35.5. The van der Waals surface area contributed by atoms with Crippen molar-refractivity contribution < 1.29 is 24.3 Å². The molecule has 0 saturated carbocycles. The zero-order valence-corrected chi connectivity index (χ0v) is 19.6. The minimum Gasteiger partial charge on any atom is -0.506 e. The number of nitrogens with zero attached hydrogens (tertiary/aromatic N) is 2. The number of methoxy groups -OCH3 is 1. The van der Waals surface area contributed by atoms with E-state index in [0.717, 1.165) is 12.1 Å². The highest BCUT2D eigenvalue weighted by Gasteiger charge is 2.16. The molecule has 0 aromatic heterocycles. The molecule has 11 heteroatoms. The molecule has 2 N–H and O–H groups in total. The number of benzene rings is 3. The number of rotatable bonds is 8. The largest absolute Gasteiger partial charge is 0.506 e. The van der Waals surface area contributed by atoms with Crippen molar-refractivity contribution in [2.24, 2.45) is 0 Å². The fourth-order valence-electron chi connectivity index (χ4n) is 2.93. The molecular formula is C24H17Cl2N3O6. The number of phenols is 1. The summed E-state index contributed by atoms with van der Waals surface area (Å²) in [5.74, 6) is -0.558. The molecule has 1 amide bonds. The van der Waals surface area contributed by atoms with Crippen molar-refractivity contribution in [1.82, 2.24) is 0 Å². The second-order valence-corrected chi connectivity index (χ2v) is 7.86. The number of hydrogen-bond donors (Lipinski definition) is 2. The molecule has 0 aliphatic rings. The van der Waals surface area contributed by atoms with Crippen LogP contribution in [-0.4, -0.2) is 23.0 Å². The summed E-state index contributed by atoms with van der Waals surface area (Å²) in [4.78, 5) is 22.7. The van der Waals surface area contributed by atoms with Crippen molar-refractivity contribution in [1.29, 1.82) is 5.26 Å². The SMILES string of the molecule is COc1ccc(C=C(C#N)C(=O)Nc2ccc([N+](=O)[O-])cc2O)cc1OCc1ccc(Cl)cc1Cl. The number of aromatic hydroxyl groups is 1. The number of hydrogen-bond acceptors (Lipinski definition) is 7. The number of phenolic OH excluding ortho intramolecular Hbond substituents is 1. The lowest BCUT2D eigenvalue weighted by Crippen LogP contribution is -2.13.